The first kappa shape index (κ1) is 25.8. The molecular formula is C26H40N4O2. The molecular weight excluding hydrogens is 400 g/mol. The van der Waals surface area contributed by atoms with Crippen LogP contribution in [0.5, 0.6) is 0 Å². The Balaban J connectivity index is 2.10. The van der Waals surface area contributed by atoms with E-state index >= 15 is 0 Å². The normalized spacial score (nSPS) is 19.6. The van der Waals surface area contributed by atoms with Crippen LogP contribution < -0.4 is 10.6 Å². The number of likely N-dealkylation sites (N-methyl/N-ethyl adjacent to an activating group) is 1. The Hall–Kier alpha value is -2.47. The highest BCUT2D eigenvalue weighted by atomic mass is 16.2. The van der Waals surface area contributed by atoms with Gasteiger partial charge in [-0.15, -0.1) is 0 Å². The second-order valence-corrected chi connectivity index (χ2v) is 9.73. The Kier molecular flexibility index (Phi) is 8.79. The SMILES string of the molecule is CC=N/C(C)=C(\C)c1ccc(C(C)NC(=O)C2CCCN2C(=O)C(NC)C(C)(C)C)cc1. The van der Waals surface area contributed by atoms with Gasteiger partial charge in [0.2, 0.25) is 11.8 Å². The Labute approximate surface area is 193 Å². The molecule has 3 atom stereocenters. The standard InChI is InChI=1S/C26H40N4O2/c1-9-28-18(3)17(2)20-12-14-21(15-13-20)19(4)29-24(31)22-11-10-16-30(22)25(32)23(27-8)26(5,6)7/h9,12-15,19,22-23,27H,10-11,16H2,1-8H3,(H,29,31)/b18-17+,28-9?. The molecule has 1 aliphatic rings. The fourth-order valence-electron chi connectivity index (χ4n) is 4.31. The van der Waals surface area contributed by atoms with Gasteiger partial charge in [-0.05, 0) is 69.7 Å². The molecule has 3 unspecified atom stereocenters. The minimum atomic E-state index is -0.415. The largest absolute Gasteiger partial charge is 0.348 e. The van der Waals surface area contributed by atoms with E-state index < -0.39 is 6.04 Å². The van der Waals surface area contributed by atoms with Crippen LogP contribution in [0.2, 0.25) is 0 Å². The Morgan fingerprint density at radius 3 is 2.34 bits per heavy atom. The topological polar surface area (TPSA) is 73.8 Å². The van der Waals surface area contributed by atoms with Gasteiger partial charge in [-0.1, -0.05) is 45.0 Å². The fourth-order valence-corrected chi connectivity index (χ4v) is 4.31. The smallest absolute Gasteiger partial charge is 0.243 e. The van der Waals surface area contributed by atoms with E-state index in [2.05, 4.69) is 34.7 Å². The number of rotatable bonds is 7. The average molecular weight is 441 g/mol. The molecule has 1 aliphatic heterocycles. The zero-order chi connectivity index (χ0) is 24.1. The van der Waals surface area contributed by atoms with Crippen LogP contribution in [0.4, 0.5) is 0 Å². The van der Waals surface area contributed by atoms with E-state index in [-0.39, 0.29) is 29.3 Å². The summed E-state index contributed by atoms with van der Waals surface area (Å²) < 4.78 is 0. The minimum Gasteiger partial charge on any atom is -0.348 e. The molecule has 2 amide bonds. The Morgan fingerprint density at radius 1 is 1.19 bits per heavy atom. The molecule has 0 radical (unpaired) electrons. The molecule has 32 heavy (non-hydrogen) atoms. The summed E-state index contributed by atoms with van der Waals surface area (Å²) in [5, 5.41) is 6.26. The van der Waals surface area contributed by atoms with Gasteiger partial charge in [0.1, 0.15) is 6.04 Å². The number of nitrogens with one attached hydrogen (secondary N) is 2. The molecule has 2 N–H and O–H groups in total. The second kappa shape index (κ2) is 10.9. The quantitative estimate of drug-likeness (QED) is 0.620. The lowest BCUT2D eigenvalue weighted by atomic mass is 9.86. The third kappa shape index (κ3) is 6.06. The molecule has 0 aromatic heterocycles. The highest BCUT2D eigenvalue weighted by Gasteiger charge is 2.40. The average Bonchev–Trinajstić information content (AvgIpc) is 3.23. The molecule has 1 saturated heterocycles. The molecule has 1 fully saturated rings. The summed E-state index contributed by atoms with van der Waals surface area (Å²) in [6.07, 6.45) is 3.34. The zero-order valence-corrected chi connectivity index (χ0v) is 21.0. The van der Waals surface area contributed by atoms with Gasteiger partial charge in [0, 0.05) is 18.5 Å². The van der Waals surface area contributed by atoms with Crippen LogP contribution in [0.1, 0.15) is 78.5 Å². The molecule has 0 aliphatic carbocycles. The van der Waals surface area contributed by atoms with Crippen molar-refractivity contribution < 1.29 is 9.59 Å². The molecule has 1 aromatic rings. The van der Waals surface area contributed by atoms with Gasteiger partial charge in [0.15, 0.2) is 0 Å². The number of likely N-dealkylation sites (tertiary alicyclic amines) is 1. The summed E-state index contributed by atoms with van der Waals surface area (Å²) in [6.45, 7) is 14.7. The van der Waals surface area contributed by atoms with E-state index in [9.17, 15) is 9.59 Å². The number of benzene rings is 1. The summed E-state index contributed by atoms with van der Waals surface area (Å²) in [7, 11) is 1.80. The molecule has 1 heterocycles. The first-order valence-corrected chi connectivity index (χ1v) is 11.6. The van der Waals surface area contributed by atoms with Gasteiger partial charge in [0.05, 0.1) is 12.1 Å². The van der Waals surface area contributed by atoms with E-state index in [0.717, 1.165) is 28.8 Å². The van der Waals surface area contributed by atoms with E-state index in [1.54, 1.807) is 18.2 Å². The van der Waals surface area contributed by atoms with Crippen molar-refractivity contribution in [2.45, 2.75) is 79.4 Å². The fraction of sp³-hybridized carbons (Fsp3) is 0.577. The van der Waals surface area contributed by atoms with Gasteiger partial charge < -0.3 is 15.5 Å². The summed E-state index contributed by atoms with van der Waals surface area (Å²) in [6, 6.07) is 7.33. The highest BCUT2D eigenvalue weighted by molar-refractivity contribution is 5.91. The van der Waals surface area contributed by atoms with Gasteiger partial charge in [0.25, 0.3) is 0 Å². The lowest BCUT2D eigenvalue weighted by molar-refractivity contribution is -0.142. The number of nitrogens with zero attached hydrogens (tertiary/aromatic N) is 2. The highest BCUT2D eigenvalue weighted by Crippen LogP contribution is 2.26. The molecule has 0 spiro atoms. The third-order valence-corrected chi connectivity index (χ3v) is 6.31. The van der Waals surface area contributed by atoms with Crippen molar-refractivity contribution in [2.75, 3.05) is 13.6 Å². The maximum absolute atomic E-state index is 13.2. The van der Waals surface area contributed by atoms with Crippen molar-refractivity contribution in [3.8, 4) is 0 Å². The van der Waals surface area contributed by atoms with Crippen LogP contribution in [0.15, 0.2) is 35.0 Å². The van der Waals surface area contributed by atoms with Crippen molar-refractivity contribution in [3.05, 3.63) is 41.1 Å². The number of allylic oxidation sites excluding steroid dienone is 2. The van der Waals surface area contributed by atoms with Crippen LogP contribution in [-0.2, 0) is 9.59 Å². The third-order valence-electron chi connectivity index (χ3n) is 6.31. The van der Waals surface area contributed by atoms with E-state index in [1.807, 2.05) is 53.7 Å². The summed E-state index contributed by atoms with van der Waals surface area (Å²) in [4.78, 5) is 32.4. The summed E-state index contributed by atoms with van der Waals surface area (Å²) in [5.74, 6) is -0.0811. The molecule has 2 rings (SSSR count). The minimum absolute atomic E-state index is 0.00188. The van der Waals surface area contributed by atoms with Crippen molar-refractivity contribution >= 4 is 23.6 Å². The maximum Gasteiger partial charge on any atom is 0.243 e. The predicted octanol–water partition coefficient (Wildman–Crippen LogP) is 4.33. The second-order valence-electron chi connectivity index (χ2n) is 9.73. The maximum atomic E-state index is 13.2. The van der Waals surface area contributed by atoms with Crippen molar-refractivity contribution in [1.29, 1.82) is 0 Å². The monoisotopic (exact) mass is 440 g/mol. The zero-order valence-electron chi connectivity index (χ0n) is 21.0. The summed E-state index contributed by atoms with van der Waals surface area (Å²) >= 11 is 0. The number of hydrogen-bond acceptors (Lipinski definition) is 4. The molecule has 0 bridgehead atoms. The molecule has 1 aromatic carbocycles. The van der Waals surface area contributed by atoms with Gasteiger partial charge >= 0.3 is 0 Å². The molecule has 6 heteroatoms. The van der Waals surface area contributed by atoms with Gasteiger partial charge in [-0.3, -0.25) is 14.6 Å². The van der Waals surface area contributed by atoms with Gasteiger partial charge in [-0.25, -0.2) is 0 Å². The van der Waals surface area contributed by atoms with E-state index in [4.69, 9.17) is 0 Å². The Bertz CT molecular complexity index is 865. The lowest BCUT2D eigenvalue weighted by Gasteiger charge is -2.35. The van der Waals surface area contributed by atoms with Gasteiger partial charge in [-0.2, -0.15) is 0 Å². The molecule has 6 nitrogen and oxygen atoms in total. The van der Waals surface area contributed by atoms with Crippen LogP contribution in [0, 0.1) is 5.41 Å². The number of amides is 2. The number of carbonyl (C=O) groups is 2. The van der Waals surface area contributed by atoms with Crippen LogP contribution in [0.3, 0.4) is 0 Å². The van der Waals surface area contributed by atoms with Crippen molar-refractivity contribution in [3.63, 3.8) is 0 Å². The van der Waals surface area contributed by atoms with Crippen molar-refractivity contribution in [2.24, 2.45) is 10.4 Å². The van der Waals surface area contributed by atoms with E-state index in [1.165, 1.54) is 0 Å². The van der Waals surface area contributed by atoms with Crippen LogP contribution in [0.25, 0.3) is 5.57 Å². The molecule has 0 saturated carbocycles. The first-order valence-electron chi connectivity index (χ1n) is 11.6. The number of hydrogen-bond donors (Lipinski definition) is 2. The van der Waals surface area contributed by atoms with Crippen molar-refractivity contribution in [1.82, 2.24) is 15.5 Å². The van der Waals surface area contributed by atoms with E-state index in [0.29, 0.717) is 13.0 Å². The van der Waals surface area contributed by atoms with Crippen LogP contribution in [-0.4, -0.2) is 48.6 Å². The number of carbonyl (C=O) groups excluding carboxylic acids is 2. The number of aliphatic imine (C=N–C) groups is 1. The first-order chi connectivity index (χ1) is 15.0. The summed E-state index contributed by atoms with van der Waals surface area (Å²) in [5.41, 5.74) is 4.04. The lowest BCUT2D eigenvalue weighted by Crippen LogP contribution is -2.55. The van der Waals surface area contributed by atoms with Crippen LogP contribution >= 0.6 is 0 Å². The Morgan fingerprint density at radius 2 is 1.81 bits per heavy atom. The predicted molar refractivity (Wildman–Crippen MR) is 132 cm³/mol. The molecule has 176 valence electrons.